The van der Waals surface area contributed by atoms with Gasteiger partial charge in [-0.3, -0.25) is 0 Å². The van der Waals surface area contributed by atoms with Crippen LogP contribution in [0.3, 0.4) is 0 Å². The maximum Gasteiger partial charge on any atom is 0.410 e. The van der Waals surface area contributed by atoms with E-state index in [0.717, 1.165) is 29.8 Å². The fourth-order valence-electron chi connectivity index (χ4n) is 3.49. The molecule has 0 spiro atoms. The number of rotatable bonds is 7. The number of aromatic nitrogens is 4. The Labute approximate surface area is 191 Å². The molecule has 3 N–H and O–H groups in total. The van der Waals surface area contributed by atoms with Crippen LogP contribution in [0.5, 0.6) is 0 Å². The molecule has 0 bridgehead atoms. The summed E-state index contributed by atoms with van der Waals surface area (Å²) in [5.41, 5.74) is 3.08. The number of carbonyl (C=O) groups is 1. The van der Waals surface area contributed by atoms with Crippen molar-refractivity contribution in [3.63, 3.8) is 0 Å². The highest BCUT2D eigenvalue weighted by molar-refractivity contribution is 5.74. The molecule has 1 saturated heterocycles. The molecule has 1 fully saturated rings. The molecule has 0 atom stereocenters. The Morgan fingerprint density at radius 3 is 2.55 bits per heavy atom. The van der Waals surface area contributed by atoms with Crippen LogP contribution in [0, 0.1) is 11.3 Å². The summed E-state index contributed by atoms with van der Waals surface area (Å²) < 4.78 is 5.43. The maximum absolute atomic E-state index is 12.3. The highest BCUT2D eigenvalue weighted by Gasteiger charge is 2.23. The normalized spacial score (nSPS) is 14.4. The van der Waals surface area contributed by atoms with Gasteiger partial charge < -0.3 is 20.3 Å². The summed E-state index contributed by atoms with van der Waals surface area (Å²) in [6.45, 7) is 1.60. The number of tetrazole rings is 1. The summed E-state index contributed by atoms with van der Waals surface area (Å²) in [7, 11) is 0. The third kappa shape index (κ3) is 6.07. The van der Waals surface area contributed by atoms with Crippen LogP contribution in [0.15, 0.2) is 60.8 Å². The predicted octanol–water partition coefficient (Wildman–Crippen LogP) is 3.39. The average molecular weight is 444 g/mol. The van der Waals surface area contributed by atoms with E-state index in [4.69, 9.17) is 4.74 Å². The molecule has 0 radical (unpaired) electrons. The Bertz CT molecular complexity index is 1100. The number of hydrogen-bond acceptors (Lipinski definition) is 8. The Balaban J connectivity index is 1.22. The second kappa shape index (κ2) is 10.8. The highest BCUT2D eigenvalue weighted by atomic mass is 16.6. The van der Waals surface area contributed by atoms with Gasteiger partial charge in [0.2, 0.25) is 5.82 Å². The molecule has 3 aromatic rings. The largest absolute Gasteiger partial charge is 0.445 e. The van der Waals surface area contributed by atoms with E-state index < -0.39 is 0 Å². The number of piperidine rings is 1. The van der Waals surface area contributed by atoms with Crippen molar-refractivity contribution in [3.05, 3.63) is 72.2 Å². The van der Waals surface area contributed by atoms with Gasteiger partial charge in [0.05, 0.1) is 0 Å². The minimum Gasteiger partial charge on any atom is -0.445 e. The zero-order valence-electron chi connectivity index (χ0n) is 17.9. The molecule has 4 rings (SSSR count). The topological polar surface area (TPSA) is 132 Å². The van der Waals surface area contributed by atoms with Gasteiger partial charge in [0, 0.05) is 36.7 Å². The summed E-state index contributed by atoms with van der Waals surface area (Å²) in [6, 6.07) is 19.8. The average Bonchev–Trinajstić information content (AvgIpc) is 3.40. The zero-order valence-corrected chi connectivity index (χ0v) is 17.9. The van der Waals surface area contributed by atoms with Crippen molar-refractivity contribution in [2.24, 2.45) is 0 Å². The van der Waals surface area contributed by atoms with E-state index in [-0.39, 0.29) is 23.5 Å². The van der Waals surface area contributed by atoms with E-state index in [9.17, 15) is 10.1 Å². The smallest absolute Gasteiger partial charge is 0.410 e. The molecule has 10 heteroatoms. The molecule has 1 amide bonds. The van der Waals surface area contributed by atoms with Crippen molar-refractivity contribution >= 4 is 23.0 Å². The van der Waals surface area contributed by atoms with E-state index >= 15 is 0 Å². The van der Waals surface area contributed by atoms with Gasteiger partial charge in [0.15, 0.2) is 0 Å². The molecule has 10 nitrogen and oxygen atoms in total. The van der Waals surface area contributed by atoms with Crippen LogP contribution in [-0.4, -0.2) is 50.7 Å². The number of nitrogens with zero attached hydrogens (tertiary/aromatic N) is 5. The number of H-pyrrole nitrogens is 1. The SMILES string of the molecule is N#CC(=CNc1ccc(NC2CCN(C(=O)OCc3ccccc3)CC2)cc1)c1nn[nH]n1. The molecular weight excluding hydrogens is 420 g/mol. The van der Waals surface area contributed by atoms with E-state index in [1.807, 2.05) is 60.7 Å². The molecule has 33 heavy (non-hydrogen) atoms. The van der Waals surface area contributed by atoms with Crippen LogP contribution in [0.1, 0.15) is 24.2 Å². The van der Waals surface area contributed by atoms with E-state index in [2.05, 4.69) is 31.3 Å². The molecule has 0 saturated carbocycles. The van der Waals surface area contributed by atoms with Gasteiger partial charge in [-0.2, -0.15) is 10.5 Å². The summed E-state index contributed by atoms with van der Waals surface area (Å²) >= 11 is 0. The third-order valence-electron chi connectivity index (χ3n) is 5.30. The quantitative estimate of drug-likeness (QED) is 0.473. The minimum atomic E-state index is -0.265. The molecular formula is C23H24N8O2. The van der Waals surface area contributed by atoms with Crippen LogP contribution in [-0.2, 0) is 11.3 Å². The Morgan fingerprint density at radius 1 is 1.15 bits per heavy atom. The number of nitrogens with one attached hydrogen (secondary N) is 3. The van der Waals surface area contributed by atoms with Crippen LogP contribution in [0.4, 0.5) is 16.2 Å². The predicted molar refractivity (Wildman–Crippen MR) is 123 cm³/mol. The molecule has 0 unspecified atom stereocenters. The van der Waals surface area contributed by atoms with E-state index in [1.165, 1.54) is 0 Å². The van der Waals surface area contributed by atoms with Crippen LogP contribution < -0.4 is 10.6 Å². The molecule has 0 aliphatic carbocycles. The minimum absolute atomic E-state index is 0.235. The Kier molecular flexibility index (Phi) is 7.12. The van der Waals surface area contributed by atoms with Gasteiger partial charge in [-0.15, -0.1) is 10.2 Å². The monoisotopic (exact) mass is 444 g/mol. The van der Waals surface area contributed by atoms with Crippen molar-refractivity contribution in [3.8, 4) is 6.07 Å². The fourth-order valence-corrected chi connectivity index (χ4v) is 3.49. The van der Waals surface area contributed by atoms with Gasteiger partial charge in [0.1, 0.15) is 18.2 Å². The Morgan fingerprint density at radius 2 is 1.88 bits per heavy atom. The number of hydrogen-bond donors (Lipinski definition) is 3. The number of anilines is 2. The number of carbonyl (C=O) groups excluding carboxylic acids is 1. The first kappa shape index (κ1) is 21.8. The number of likely N-dealkylation sites (tertiary alicyclic amines) is 1. The fraction of sp³-hybridized carbons (Fsp3) is 0.261. The van der Waals surface area contributed by atoms with Crippen LogP contribution >= 0.6 is 0 Å². The molecule has 2 heterocycles. The second-order valence-electron chi connectivity index (χ2n) is 7.57. The summed E-state index contributed by atoms with van der Waals surface area (Å²) in [4.78, 5) is 14.1. The third-order valence-corrected chi connectivity index (χ3v) is 5.30. The van der Waals surface area contributed by atoms with Gasteiger partial charge in [-0.1, -0.05) is 30.3 Å². The van der Waals surface area contributed by atoms with Gasteiger partial charge >= 0.3 is 6.09 Å². The lowest BCUT2D eigenvalue weighted by atomic mass is 10.0. The summed E-state index contributed by atoms with van der Waals surface area (Å²) in [6.07, 6.45) is 2.97. The first-order valence-corrected chi connectivity index (χ1v) is 10.6. The van der Waals surface area contributed by atoms with Crippen LogP contribution in [0.25, 0.3) is 5.57 Å². The molecule has 1 aromatic heterocycles. The zero-order chi connectivity index (χ0) is 22.9. The van der Waals surface area contributed by atoms with Crippen molar-refractivity contribution < 1.29 is 9.53 Å². The lowest BCUT2D eigenvalue weighted by Crippen LogP contribution is -2.42. The number of aromatic amines is 1. The number of nitriles is 1. The summed E-state index contributed by atoms with van der Waals surface area (Å²) in [5.74, 6) is 0.235. The van der Waals surface area contributed by atoms with Crippen molar-refractivity contribution in [1.29, 1.82) is 5.26 Å². The molecule has 1 aliphatic rings. The van der Waals surface area contributed by atoms with Crippen molar-refractivity contribution in [2.45, 2.75) is 25.5 Å². The lowest BCUT2D eigenvalue weighted by molar-refractivity contribution is 0.0882. The van der Waals surface area contributed by atoms with Gasteiger partial charge in [-0.05, 0) is 47.9 Å². The van der Waals surface area contributed by atoms with E-state index in [0.29, 0.717) is 19.7 Å². The number of allylic oxidation sites excluding steroid dienone is 1. The molecule has 168 valence electrons. The van der Waals surface area contributed by atoms with E-state index in [1.54, 1.807) is 11.1 Å². The number of benzene rings is 2. The maximum atomic E-state index is 12.3. The van der Waals surface area contributed by atoms with Crippen LogP contribution in [0.2, 0.25) is 0 Å². The Hall–Kier alpha value is -4.39. The second-order valence-corrected chi connectivity index (χ2v) is 7.57. The lowest BCUT2D eigenvalue weighted by Gasteiger charge is -2.32. The first-order valence-electron chi connectivity index (χ1n) is 10.6. The number of ether oxygens (including phenoxy) is 1. The van der Waals surface area contributed by atoms with Crippen molar-refractivity contribution in [1.82, 2.24) is 25.5 Å². The highest BCUT2D eigenvalue weighted by Crippen LogP contribution is 2.20. The number of amides is 1. The molecule has 1 aliphatic heterocycles. The molecule has 2 aromatic carbocycles. The van der Waals surface area contributed by atoms with Gasteiger partial charge in [0.25, 0.3) is 0 Å². The standard InChI is InChI=1S/C23H24N8O2/c24-14-18(22-27-29-30-28-22)15-25-19-6-8-20(9-7-19)26-21-10-12-31(13-11-21)23(32)33-16-17-4-2-1-3-5-17/h1-9,15,21,25-26H,10-13,16H2,(H,27,28,29,30). The van der Waals surface area contributed by atoms with Crippen molar-refractivity contribution in [2.75, 3.05) is 23.7 Å². The first-order chi connectivity index (χ1) is 16.2. The summed E-state index contributed by atoms with van der Waals surface area (Å²) in [5, 5.41) is 29.2. The van der Waals surface area contributed by atoms with Gasteiger partial charge in [-0.25, -0.2) is 4.79 Å².